The van der Waals surface area contributed by atoms with Gasteiger partial charge in [0.2, 0.25) is 0 Å². The Morgan fingerprint density at radius 1 is 1.30 bits per heavy atom. The van der Waals surface area contributed by atoms with E-state index in [-0.39, 0.29) is 23.2 Å². The number of rotatable bonds is 4. The minimum Gasteiger partial charge on any atom is -0.355 e. The number of aromatic nitrogens is 4. The molecular weight excluding hydrogens is 364 g/mol. The number of anilines is 1. The second-order valence-corrected chi connectivity index (χ2v) is 7.48. The molecule has 0 bridgehead atoms. The van der Waals surface area contributed by atoms with Crippen LogP contribution in [0.25, 0.3) is 10.6 Å². The number of carbonyl (C=O) groups is 1. The number of H-pyrrole nitrogens is 1. The summed E-state index contributed by atoms with van der Waals surface area (Å²) < 4.78 is 1.17. The van der Waals surface area contributed by atoms with Crippen LogP contribution in [0.2, 0.25) is 0 Å². The van der Waals surface area contributed by atoms with Crippen LogP contribution in [0.4, 0.5) is 5.82 Å². The predicted molar refractivity (Wildman–Crippen MR) is 104 cm³/mol. The third-order valence-corrected chi connectivity index (χ3v) is 5.60. The van der Waals surface area contributed by atoms with Gasteiger partial charge in [0, 0.05) is 38.3 Å². The largest absolute Gasteiger partial charge is 0.355 e. The number of aromatic amines is 1. The molecule has 0 spiro atoms. The quantitative estimate of drug-likeness (QED) is 0.713. The molecule has 4 rings (SSSR count). The minimum atomic E-state index is -0.246. The predicted octanol–water partition coefficient (Wildman–Crippen LogP) is 1.63. The number of thiophene rings is 1. The molecule has 3 aromatic rings. The Kier molecular flexibility index (Phi) is 4.76. The van der Waals surface area contributed by atoms with Gasteiger partial charge >= 0.3 is 0 Å². The van der Waals surface area contributed by atoms with E-state index < -0.39 is 0 Å². The van der Waals surface area contributed by atoms with Crippen molar-refractivity contribution in [2.45, 2.75) is 18.9 Å². The number of nitrogens with zero attached hydrogens (tertiary/aromatic N) is 4. The number of aryl methyl sites for hydroxylation is 1. The third kappa shape index (κ3) is 3.77. The molecule has 9 heteroatoms. The Morgan fingerprint density at radius 3 is 2.81 bits per heavy atom. The lowest BCUT2D eigenvalue weighted by Crippen LogP contribution is -2.45. The van der Waals surface area contributed by atoms with E-state index in [1.54, 1.807) is 11.3 Å². The maximum absolute atomic E-state index is 12.3. The van der Waals surface area contributed by atoms with Gasteiger partial charge in [-0.25, -0.2) is 4.68 Å². The summed E-state index contributed by atoms with van der Waals surface area (Å²) in [5.74, 6) is 0.687. The van der Waals surface area contributed by atoms with Crippen LogP contribution in [-0.4, -0.2) is 45.0 Å². The third-order valence-electron chi connectivity index (χ3n) is 4.70. The van der Waals surface area contributed by atoms with Crippen LogP contribution in [0.15, 0.2) is 40.5 Å². The first-order valence-electron chi connectivity index (χ1n) is 8.79. The van der Waals surface area contributed by atoms with E-state index in [1.165, 1.54) is 28.7 Å². The first-order chi connectivity index (χ1) is 13.1. The molecule has 0 unspecified atom stereocenters. The maximum Gasteiger partial charge on any atom is 0.271 e. The highest BCUT2D eigenvalue weighted by Gasteiger charge is 2.23. The molecule has 0 aromatic carbocycles. The molecule has 0 atom stereocenters. The fourth-order valence-corrected chi connectivity index (χ4v) is 3.86. The number of carbonyl (C=O) groups excluding carboxylic acids is 1. The van der Waals surface area contributed by atoms with Crippen LogP contribution in [0, 0.1) is 0 Å². The highest BCUT2D eigenvalue weighted by molar-refractivity contribution is 7.13. The SMILES string of the molecule is Cn1nc(C(=O)NC2CCN(c3cc(-c4cccs4)[nH]n3)CC2)ccc1=O. The first kappa shape index (κ1) is 17.5. The van der Waals surface area contributed by atoms with Crippen LogP contribution in [0.5, 0.6) is 0 Å². The van der Waals surface area contributed by atoms with Gasteiger partial charge in [0.1, 0.15) is 5.69 Å². The van der Waals surface area contributed by atoms with Crippen molar-refractivity contribution in [3.8, 4) is 10.6 Å². The number of hydrogen-bond acceptors (Lipinski definition) is 6. The van der Waals surface area contributed by atoms with Crippen LogP contribution < -0.4 is 15.8 Å². The average molecular weight is 384 g/mol. The zero-order chi connectivity index (χ0) is 18.8. The Morgan fingerprint density at radius 2 is 2.11 bits per heavy atom. The van der Waals surface area contributed by atoms with E-state index in [9.17, 15) is 9.59 Å². The molecule has 0 aliphatic carbocycles. The van der Waals surface area contributed by atoms with Gasteiger partial charge in [-0.15, -0.1) is 11.3 Å². The second-order valence-electron chi connectivity index (χ2n) is 6.53. The Bertz CT molecular complexity index is 985. The molecule has 1 amide bonds. The standard InChI is InChI=1S/C18H20N6O2S/c1-23-17(25)5-4-13(22-23)18(26)19-12-6-8-24(9-7-12)16-11-14(20-21-16)15-3-2-10-27-15/h2-5,10-12H,6-9H2,1H3,(H,19,26)(H,20,21). The van der Waals surface area contributed by atoms with Gasteiger partial charge in [0.15, 0.2) is 5.82 Å². The van der Waals surface area contributed by atoms with Gasteiger partial charge in [-0.05, 0) is 30.4 Å². The summed E-state index contributed by atoms with van der Waals surface area (Å²) >= 11 is 1.68. The van der Waals surface area contributed by atoms with Gasteiger partial charge in [-0.1, -0.05) is 6.07 Å². The lowest BCUT2D eigenvalue weighted by Gasteiger charge is -2.32. The van der Waals surface area contributed by atoms with E-state index in [0.29, 0.717) is 0 Å². The van der Waals surface area contributed by atoms with Crippen molar-refractivity contribution in [2.24, 2.45) is 7.05 Å². The molecule has 2 N–H and O–H groups in total. The summed E-state index contributed by atoms with van der Waals surface area (Å²) in [6.45, 7) is 1.64. The van der Waals surface area contributed by atoms with Crippen molar-refractivity contribution in [3.63, 3.8) is 0 Å². The van der Waals surface area contributed by atoms with Crippen molar-refractivity contribution in [1.29, 1.82) is 0 Å². The number of piperidine rings is 1. The van der Waals surface area contributed by atoms with E-state index >= 15 is 0 Å². The summed E-state index contributed by atoms with van der Waals surface area (Å²) in [5, 5.41) is 16.6. The highest BCUT2D eigenvalue weighted by atomic mass is 32.1. The van der Waals surface area contributed by atoms with Gasteiger partial charge in [0.05, 0.1) is 10.6 Å². The topological polar surface area (TPSA) is 95.9 Å². The van der Waals surface area contributed by atoms with Crippen molar-refractivity contribution in [3.05, 3.63) is 51.8 Å². The first-order valence-corrected chi connectivity index (χ1v) is 9.67. The zero-order valence-electron chi connectivity index (χ0n) is 14.9. The Labute approximate surface area is 159 Å². The molecule has 1 fully saturated rings. The van der Waals surface area contributed by atoms with E-state index in [4.69, 9.17) is 0 Å². The smallest absolute Gasteiger partial charge is 0.271 e. The van der Waals surface area contributed by atoms with Gasteiger partial charge in [-0.3, -0.25) is 14.7 Å². The monoisotopic (exact) mass is 384 g/mol. The van der Waals surface area contributed by atoms with Crippen molar-refractivity contribution in [2.75, 3.05) is 18.0 Å². The number of amides is 1. The van der Waals surface area contributed by atoms with Gasteiger partial charge < -0.3 is 10.2 Å². The maximum atomic E-state index is 12.3. The minimum absolute atomic E-state index is 0.0866. The molecule has 4 heterocycles. The van der Waals surface area contributed by atoms with Crippen molar-refractivity contribution >= 4 is 23.1 Å². The van der Waals surface area contributed by atoms with Gasteiger partial charge in [0.25, 0.3) is 11.5 Å². The Balaban J connectivity index is 1.34. The molecule has 8 nitrogen and oxygen atoms in total. The molecular formula is C18H20N6O2S. The summed E-state index contributed by atoms with van der Waals surface area (Å²) in [4.78, 5) is 27.1. The lowest BCUT2D eigenvalue weighted by atomic mass is 10.0. The summed E-state index contributed by atoms with van der Waals surface area (Å²) in [6.07, 6.45) is 1.66. The van der Waals surface area contributed by atoms with E-state index in [2.05, 4.69) is 37.6 Å². The molecule has 0 radical (unpaired) electrons. The van der Waals surface area contributed by atoms with Crippen LogP contribution >= 0.6 is 11.3 Å². The molecule has 1 saturated heterocycles. The molecule has 1 aliphatic rings. The van der Waals surface area contributed by atoms with E-state index in [0.717, 1.165) is 37.4 Å². The molecule has 27 heavy (non-hydrogen) atoms. The zero-order valence-corrected chi connectivity index (χ0v) is 15.7. The van der Waals surface area contributed by atoms with Crippen LogP contribution in [0.1, 0.15) is 23.3 Å². The number of hydrogen-bond donors (Lipinski definition) is 2. The van der Waals surface area contributed by atoms with Crippen LogP contribution in [-0.2, 0) is 7.05 Å². The highest BCUT2D eigenvalue weighted by Crippen LogP contribution is 2.27. The second kappa shape index (κ2) is 7.36. The lowest BCUT2D eigenvalue weighted by molar-refractivity contribution is 0.0923. The fourth-order valence-electron chi connectivity index (χ4n) is 3.17. The Hall–Kier alpha value is -2.94. The van der Waals surface area contributed by atoms with Crippen molar-refractivity contribution in [1.82, 2.24) is 25.3 Å². The number of nitrogens with one attached hydrogen (secondary N) is 2. The molecule has 3 aromatic heterocycles. The molecule has 1 aliphatic heterocycles. The summed E-state index contributed by atoms with van der Waals surface area (Å²) in [5.41, 5.74) is 1.05. The fraction of sp³-hybridized carbons (Fsp3) is 0.333. The normalized spacial score (nSPS) is 15.1. The molecule has 140 valence electrons. The summed E-state index contributed by atoms with van der Waals surface area (Å²) in [6, 6.07) is 9.06. The molecule has 0 saturated carbocycles. The summed E-state index contributed by atoms with van der Waals surface area (Å²) in [7, 11) is 1.53. The van der Waals surface area contributed by atoms with Crippen LogP contribution in [0.3, 0.4) is 0 Å². The van der Waals surface area contributed by atoms with Crippen molar-refractivity contribution < 1.29 is 4.79 Å². The average Bonchev–Trinajstić information content (AvgIpc) is 3.36. The van der Waals surface area contributed by atoms with Gasteiger partial charge in [-0.2, -0.15) is 10.2 Å². The van der Waals surface area contributed by atoms with E-state index in [1.807, 2.05) is 11.4 Å².